The van der Waals surface area contributed by atoms with Gasteiger partial charge in [0.15, 0.2) is 0 Å². The molecule has 1 fully saturated rings. The normalized spacial score (nSPS) is 19.9. The number of hydrogen-bond donors (Lipinski definition) is 1. The van der Waals surface area contributed by atoms with Gasteiger partial charge in [-0.05, 0) is 51.7 Å². The summed E-state index contributed by atoms with van der Waals surface area (Å²) in [6, 6.07) is 30.5. The van der Waals surface area contributed by atoms with Crippen LogP contribution in [0.5, 0.6) is 0 Å². The van der Waals surface area contributed by atoms with Gasteiger partial charge >= 0.3 is 0 Å². The van der Waals surface area contributed by atoms with E-state index in [2.05, 4.69) is 90.2 Å². The second-order valence-electron chi connectivity index (χ2n) is 7.70. The van der Waals surface area contributed by atoms with Crippen molar-refractivity contribution in [2.24, 2.45) is 0 Å². The number of piperidine rings is 1. The lowest BCUT2D eigenvalue weighted by atomic mass is 9.85. The van der Waals surface area contributed by atoms with Crippen LogP contribution in [-0.2, 0) is 11.3 Å². The predicted molar refractivity (Wildman–Crippen MR) is 117 cm³/mol. The van der Waals surface area contributed by atoms with Crippen molar-refractivity contribution < 1.29 is 4.74 Å². The standard InChI is InChI=1S/C26H25NO/c1-2-8-22-16-19(12-13-20(22)6-1)18-28-26-17-27-15-14-25(26)24-11-5-9-21-7-3-4-10-23(21)24/h1-13,16,25-27H,14-15,17-18H2. The molecule has 1 heterocycles. The van der Waals surface area contributed by atoms with Gasteiger partial charge in [-0.3, -0.25) is 0 Å². The lowest BCUT2D eigenvalue weighted by Crippen LogP contribution is -2.41. The van der Waals surface area contributed by atoms with Crippen LogP contribution in [0.3, 0.4) is 0 Å². The maximum Gasteiger partial charge on any atom is 0.0773 e. The molecule has 4 aromatic carbocycles. The Balaban J connectivity index is 1.39. The van der Waals surface area contributed by atoms with Crippen LogP contribution in [0.15, 0.2) is 84.9 Å². The molecular formula is C26H25NO. The van der Waals surface area contributed by atoms with E-state index < -0.39 is 0 Å². The Labute approximate surface area is 166 Å². The molecule has 0 bridgehead atoms. The summed E-state index contributed by atoms with van der Waals surface area (Å²) >= 11 is 0. The fourth-order valence-electron chi connectivity index (χ4n) is 4.47. The van der Waals surface area contributed by atoms with Crippen molar-refractivity contribution in [1.29, 1.82) is 0 Å². The zero-order valence-electron chi connectivity index (χ0n) is 16.0. The van der Waals surface area contributed by atoms with Gasteiger partial charge in [0.25, 0.3) is 0 Å². The summed E-state index contributed by atoms with van der Waals surface area (Å²) < 4.78 is 6.47. The van der Waals surface area contributed by atoms with Crippen molar-refractivity contribution in [3.05, 3.63) is 96.1 Å². The third-order valence-electron chi connectivity index (χ3n) is 5.93. The molecule has 0 spiro atoms. The molecule has 1 N–H and O–H groups in total. The van der Waals surface area contributed by atoms with E-state index in [1.807, 2.05) is 0 Å². The molecule has 140 valence electrons. The third-order valence-corrected chi connectivity index (χ3v) is 5.93. The first kappa shape index (κ1) is 17.4. The Kier molecular flexibility index (Phi) is 4.82. The van der Waals surface area contributed by atoms with Crippen LogP contribution in [0.25, 0.3) is 21.5 Å². The topological polar surface area (TPSA) is 21.3 Å². The first-order chi connectivity index (χ1) is 13.9. The Morgan fingerprint density at radius 1 is 0.786 bits per heavy atom. The molecule has 4 aromatic rings. The van der Waals surface area contributed by atoms with Crippen LogP contribution in [0, 0.1) is 0 Å². The molecule has 1 aliphatic rings. The highest BCUT2D eigenvalue weighted by atomic mass is 16.5. The molecule has 0 aliphatic carbocycles. The zero-order chi connectivity index (χ0) is 18.8. The largest absolute Gasteiger partial charge is 0.372 e. The summed E-state index contributed by atoms with van der Waals surface area (Å²) in [4.78, 5) is 0. The van der Waals surface area contributed by atoms with Crippen molar-refractivity contribution in [2.75, 3.05) is 13.1 Å². The van der Waals surface area contributed by atoms with E-state index in [4.69, 9.17) is 4.74 Å². The zero-order valence-corrected chi connectivity index (χ0v) is 16.0. The van der Waals surface area contributed by atoms with Crippen molar-refractivity contribution in [1.82, 2.24) is 5.32 Å². The van der Waals surface area contributed by atoms with E-state index in [-0.39, 0.29) is 6.10 Å². The van der Waals surface area contributed by atoms with Crippen molar-refractivity contribution in [3.63, 3.8) is 0 Å². The number of rotatable bonds is 4. The smallest absolute Gasteiger partial charge is 0.0773 e. The van der Waals surface area contributed by atoms with Crippen LogP contribution in [0.1, 0.15) is 23.5 Å². The fraction of sp³-hybridized carbons (Fsp3) is 0.231. The van der Waals surface area contributed by atoms with E-state index in [0.29, 0.717) is 12.5 Å². The average molecular weight is 367 g/mol. The lowest BCUT2D eigenvalue weighted by molar-refractivity contribution is 0.0110. The second-order valence-corrected chi connectivity index (χ2v) is 7.70. The number of fused-ring (bicyclic) bond motifs is 2. The highest BCUT2D eigenvalue weighted by molar-refractivity contribution is 5.86. The van der Waals surface area contributed by atoms with Crippen molar-refractivity contribution in [2.45, 2.75) is 25.0 Å². The van der Waals surface area contributed by atoms with Gasteiger partial charge in [-0.2, -0.15) is 0 Å². The molecule has 2 unspecified atom stereocenters. The summed E-state index contributed by atoms with van der Waals surface area (Å²) in [6.07, 6.45) is 1.29. The maximum atomic E-state index is 6.47. The van der Waals surface area contributed by atoms with Gasteiger partial charge in [0, 0.05) is 12.5 Å². The molecule has 0 amide bonds. The summed E-state index contributed by atoms with van der Waals surface area (Å²) in [7, 11) is 0. The molecule has 1 saturated heterocycles. The summed E-state index contributed by atoms with van der Waals surface area (Å²) in [5, 5.41) is 8.74. The van der Waals surface area contributed by atoms with Crippen LogP contribution in [0.2, 0.25) is 0 Å². The number of benzene rings is 4. The minimum absolute atomic E-state index is 0.186. The fourth-order valence-corrected chi connectivity index (χ4v) is 4.47. The second kappa shape index (κ2) is 7.75. The average Bonchev–Trinajstić information content (AvgIpc) is 2.77. The quantitative estimate of drug-likeness (QED) is 0.503. The third kappa shape index (κ3) is 3.42. The van der Waals surface area contributed by atoms with Gasteiger partial charge in [-0.15, -0.1) is 0 Å². The van der Waals surface area contributed by atoms with Gasteiger partial charge in [-0.1, -0.05) is 78.9 Å². The molecule has 0 saturated carbocycles. The van der Waals surface area contributed by atoms with Gasteiger partial charge in [0.2, 0.25) is 0 Å². The number of hydrogen-bond acceptors (Lipinski definition) is 2. The first-order valence-electron chi connectivity index (χ1n) is 10.2. The van der Waals surface area contributed by atoms with Gasteiger partial charge in [0.1, 0.15) is 0 Å². The summed E-state index contributed by atoms with van der Waals surface area (Å²) in [5.41, 5.74) is 2.66. The molecule has 0 aromatic heterocycles. The van der Waals surface area contributed by atoms with E-state index in [9.17, 15) is 0 Å². The molecule has 28 heavy (non-hydrogen) atoms. The van der Waals surface area contributed by atoms with Crippen LogP contribution < -0.4 is 5.32 Å². The van der Waals surface area contributed by atoms with Gasteiger partial charge < -0.3 is 10.1 Å². The Morgan fingerprint density at radius 3 is 2.50 bits per heavy atom. The monoisotopic (exact) mass is 367 g/mol. The van der Waals surface area contributed by atoms with Crippen LogP contribution in [-0.4, -0.2) is 19.2 Å². The summed E-state index contributed by atoms with van der Waals surface area (Å²) in [5.74, 6) is 0.424. The van der Waals surface area contributed by atoms with Gasteiger partial charge in [0.05, 0.1) is 12.7 Å². The van der Waals surface area contributed by atoms with Crippen molar-refractivity contribution in [3.8, 4) is 0 Å². The molecule has 1 aliphatic heterocycles. The highest BCUT2D eigenvalue weighted by Crippen LogP contribution is 2.33. The molecule has 2 nitrogen and oxygen atoms in total. The minimum atomic E-state index is 0.186. The number of nitrogens with one attached hydrogen (secondary N) is 1. The predicted octanol–water partition coefficient (Wildman–Crippen LogP) is 5.66. The van der Waals surface area contributed by atoms with E-state index in [0.717, 1.165) is 19.5 Å². The van der Waals surface area contributed by atoms with Gasteiger partial charge in [-0.25, -0.2) is 0 Å². The van der Waals surface area contributed by atoms with E-state index in [1.165, 1.54) is 32.7 Å². The van der Waals surface area contributed by atoms with Crippen LogP contribution >= 0.6 is 0 Å². The lowest BCUT2D eigenvalue weighted by Gasteiger charge is -2.33. The first-order valence-corrected chi connectivity index (χ1v) is 10.2. The highest BCUT2D eigenvalue weighted by Gasteiger charge is 2.28. The molecule has 0 radical (unpaired) electrons. The molecule has 2 atom stereocenters. The SMILES string of the molecule is c1ccc2cc(COC3CNCCC3c3cccc4ccccc34)ccc2c1. The Bertz CT molecular complexity index is 1100. The van der Waals surface area contributed by atoms with E-state index >= 15 is 0 Å². The molecule has 5 rings (SSSR count). The van der Waals surface area contributed by atoms with Crippen LogP contribution in [0.4, 0.5) is 0 Å². The minimum Gasteiger partial charge on any atom is -0.372 e. The van der Waals surface area contributed by atoms with Crippen molar-refractivity contribution >= 4 is 21.5 Å². The summed E-state index contributed by atoms with van der Waals surface area (Å²) in [6.45, 7) is 2.60. The Morgan fingerprint density at radius 2 is 1.57 bits per heavy atom. The maximum absolute atomic E-state index is 6.47. The van der Waals surface area contributed by atoms with E-state index in [1.54, 1.807) is 0 Å². The Hall–Kier alpha value is -2.68. The molecule has 2 heteroatoms. The molecular weight excluding hydrogens is 342 g/mol. The number of ether oxygens (including phenoxy) is 1.